The molecule has 0 amide bonds. The Hall–Kier alpha value is -3.68. The number of benzene rings is 2. The summed E-state index contributed by atoms with van der Waals surface area (Å²) in [4.78, 5) is 20.4. The number of nitrogens with one attached hydrogen (secondary N) is 1. The van der Waals surface area contributed by atoms with Crippen LogP contribution in [-0.2, 0) is 0 Å². The zero-order chi connectivity index (χ0) is 22.9. The lowest BCUT2D eigenvalue weighted by atomic mass is 10.1. The van der Waals surface area contributed by atoms with E-state index < -0.39 is 17.8 Å². The van der Waals surface area contributed by atoms with E-state index in [1.165, 1.54) is 4.52 Å². The minimum atomic E-state index is -2.59. The van der Waals surface area contributed by atoms with Gasteiger partial charge in [-0.3, -0.25) is 9.89 Å². The quantitative estimate of drug-likeness (QED) is 0.504. The van der Waals surface area contributed by atoms with Crippen LogP contribution in [0.1, 0.15) is 5.69 Å². The SMILES string of the molecule is COc1ccc(-c2c(C)nc3c(N4CC5C(C4)C5(F)F)c(-c4ccccc4)[nH]n3c2=O)cc1. The first-order valence-corrected chi connectivity index (χ1v) is 10.9. The standard InChI is InChI=1S/C25H22F2N4O2/c1-14-20(15-8-10-17(33-2)11-9-15)24(32)31-23(28-14)22(21(29-31)16-6-4-3-5-7-16)30-12-18-19(13-30)25(18,26)27/h3-11,18-19,29H,12-13H2,1-2H3. The van der Waals surface area contributed by atoms with Gasteiger partial charge < -0.3 is 9.64 Å². The summed E-state index contributed by atoms with van der Waals surface area (Å²) >= 11 is 0. The number of anilines is 1. The van der Waals surface area contributed by atoms with E-state index in [1.807, 2.05) is 47.4 Å². The molecule has 6 nitrogen and oxygen atoms in total. The second kappa shape index (κ2) is 6.91. The monoisotopic (exact) mass is 448 g/mol. The zero-order valence-corrected chi connectivity index (χ0v) is 18.2. The molecule has 0 bridgehead atoms. The first kappa shape index (κ1) is 20.0. The van der Waals surface area contributed by atoms with E-state index >= 15 is 0 Å². The third-order valence-electron chi connectivity index (χ3n) is 6.89. The molecule has 2 aromatic carbocycles. The van der Waals surface area contributed by atoms with Crippen LogP contribution >= 0.6 is 0 Å². The first-order valence-electron chi connectivity index (χ1n) is 10.9. The smallest absolute Gasteiger partial charge is 0.280 e. The maximum atomic E-state index is 13.9. The Morgan fingerprint density at radius 1 is 1.03 bits per heavy atom. The zero-order valence-electron chi connectivity index (χ0n) is 18.2. The van der Waals surface area contributed by atoms with Crippen LogP contribution in [0.4, 0.5) is 14.5 Å². The van der Waals surface area contributed by atoms with Crippen molar-refractivity contribution in [2.45, 2.75) is 12.8 Å². The summed E-state index contributed by atoms with van der Waals surface area (Å²) in [5.41, 5.74) is 4.30. The average molecular weight is 448 g/mol. The molecule has 2 atom stereocenters. The number of aromatic nitrogens is 3. The van der Waals surface area contributed by atoms with Gasteiger partial charge in [0.2, 0.25) is 0 Å². The first-order chi connectivity index (χ1) is 15.9. The summed E-state index contributed by atoms with van der Waals surface area (Å²) in [7, 11) is 1.59. The summed E-state index contributed by atoms with van der Waals surface area (Å²) in [6.07, 6.45) is 0. The molecule has 0 spiro atoms. The van der Waals surface area contributed by atoms with Gasteiger partial charge in [-0.05, 0) is 24.6 Å². The molecule has 0 radical (unpaired) electrons. The topological polar surface area (TPSA) is 62.6 Å². The van der Waals surface area contributed by atoms with E-state index in [0.717, 1.165) is 11.1 Å². The van der Waals surface area contributed by atoms with Crippen LogP contribution in [0, 0.1) is 18.8 Å². The maximum Gasteiger partial charge on any atom is 0.280 e. The van der Waals surface area contributed by atoms with Gasteiger partial charge in [0, 0.05) is 18.7 Å². The lowest BCUT2D eigenvalue weighted by Gasteiger charge is -2.22. The number of aromatic amines is 1. The number of ether oxygens (including phenoxy) is 1. The number of rotatable bonds is 4. The highest BCUT2D eigenvalue weighted by atomic mass is 19.3. The van der Waals surface area contributed by atoms with Crippen LogP contribution in [0.3, 0.4) is 0 Å². The molecule has 8 heteroatoms. The lowest BCUT2D eigenvalue weighted by Crippen LogP contribution is -2.28. The molecule has 2 aliphatic rings. The van der Waals surface area contributed by atoms with E-state index in [2.05, 4.69) is 5.10 Å². The maximum absolute atomic E-state index is 13.9. The van der Waals surface area contributed by atoms with Gasteiger partial charge in [-0.1, -0.05) is 42.5 Å². The minimum Gasteiger partial charge on any atom is -0.497 e. The average Bonchev–Trinajstić information content (AvgIpc) is 3.20. The molecule has 1 saturated carbocycles. The number of halogens is 2. The van der Waals surface area contributed by atoms with Gasteiger partial charge in [0.15, 0.2) is 5.65 Å². The molecule has 2 unspecified atom stereocenters. The summed E-state index contributed by atoms with van der Waals surface area (Å²) in [6.45, 7) is 2.30. The number of hydrogen-bond donors (Lipinski definition) is 1. The van der Waals surface area contributed by atoms with Crippen molar-refractivity contribution < 1.29 is 13.5 Å². The molecule has 1 saturated heterocycles. The molecule has 3 heterocycles. The highest BCUT2D eigenvalue weighted by Crippen LogP contribution is 2.60. The molecular formula is C25H22F2N4O2. The van der Waals surface area contributed by atoms with Crippen molar-refractivity contribution in [3.8, 4) is 28.1 Å². The number of methoxy groups -OCH3 is 1. The fourth-order valence-corrected chi connectivity index (χ4v) is 5.05. The second-order valence-corrected chi connectivity index (χ2v) is 8.76. The Balaban J connectivity index is 1.55. The number of nitrogens with zero attached hydrogens (tertiary/aromatic N) is 3. The Kier molecular flexibility index (Phi) is 4.18. The third-order valence-corrected chi connectivity index (χ3v) is 6.89. The molecule has 2 fully saturated rings. The van der Waals surface area contributed by atoms with Crippen LogP contribution in [0.2, 0.25) is 0 Å². The van der Waals surface area contributed by atoms with Crippen molar-refractivity contribution in [2.24, 2.45) is 11.8 Å². The van der Waals surface area contributed by atoms with Crippen molar-refractivity contribution in [3.05, 3.63) is 70.6 Å². The summed E-state index contributed by atoms with van der Waals surface area (Å²) in [6, 6.07) is 16.8. The van der Waals surface area contributed by atoms with Crippen molar-refractivity contribution in [3.63, 3.8) is 0 Å². The Labute approximate surface area is 188 Å². The van der Waals surface area contributed by atoms with Crippen LogP contribution in [0.5, 0.6) is 5.75 Å². The summed E-state index contributed by atoms with van der Waals surface area (Å²) in [5, 5.41) is 3.22. The number of aryl methyl sites for hydroxylation is 1. The third kappa shape index (κ3) is 2.90. The molecule has 4 aromatic rings. The highest BCUT2D eigenvalue weighted by Gasteiger charge is 2.72. The molecule has 1 aliphatic carbocycles. The number of fused-ring (bicyclic) bond motifs is 2. The molecule has 2 aromatic heterocycles. The number of alkyl halides is 2. The van der Waals surface area contributed by atoms with Gasteiger partial charge >= 0.3 is 0 Å². The fourth-order valence-electron chi connectivity index (χ4n) is 5.05. The summed E-state index contributed by atoms with van der Waals surface area (Å²) in [5.74, 6) is -3.16. The fraction of sp³-hybridized carbons (Fsp3) is 0.280. The molecule has 168 valence electrons. The number of hydrogen-bond acceptors (Lipinski definition) is 4. The van der Waals surface area contributed by atoms with E-state index in [1.54, 1.807) is 26.2 Å². The normalized spacial score (nSPS) is 20.8. The predicted molar refractivity (Wildman–Crippen MR) is 122 cm³/mol. The molecule has 1 N–H and O–H groups in total. The Morgan fingerprint density at radius 2 is 1.70 bits per heavy atom. The van der Waals surface area contributed by atoms with Gasteiger partial charge in [-0.25, -0.2) is 13.8 Å². The second-order valence-electron chi connectivity index (χ2n) is 8.76. The number of H-pyrrole nitrogens is 1. The largest absolute Gasteiger partial charge is 0.497 e. The van der Waals surface area contributed by atoms with Crippen LogP contribution in [0.25, 0.3) is 28.0 Å². The van der Waals surface area contributed by atoms with Crippen LogP contribution < -0.4 is 15.2 Å². The Bertz CT molecular complexity index is 1410. The van der Waals surface area contributed by atoms with E-state index in [9.17, 15) is 13.6 Å². The van der Waals surface area contributed by atoms with Crippen molar-refractivity contribution in [2.75, 3.05) is 25.1 Å². The predicted octanol–water partition coefficient (Wildman–Crippen LogP) is 4.37. The highest BCUT2D eigenvalue weighted by molar-refractivity contribution is 5.87. The van der Waals surface area contributed by atoms with E-state index in [-0.39, 0.29) is 18.6 Å². The lowest BCUT2D eigenvalue weighted by molar-refractivity contribution is 0.0798. The molecule has 33 heavy (non-hydrogen) atoms. The van der Waals surface area contributed by atoms with Crippen LogP contribution in [-0.4, -0.2) is 40.7 Å². The van der Waals surface area contributed by atoms with Crippen molar-refractivity contribution in [1.82, 2.24) is 14.6 Å². The van der Waals surface area contributed by atoms with E-state index in [0.29, 0.717) is 34.0 Å². The van der Waals surface area contributed by atoms with E-state index in [4.69, 9.17) is 9.72 Å². The summed E-state index contributed by atoms with van der Waals surface area (Å²) < 4.78 is 34.5. The van der Waals surface area contributed by atoms with Gasteiger partial charge in [0.05, 0.1) is 35.9 Å². The van der Waals surface area contributed by atoms with Crippen molar-refractivity contribution in [1.29, 1.82) is 0 Å². The molecular weight excluding hydrogens is 426 g/mol. The van der Waals surface area contributed by atoms with Gasteiger partial charge in [-0.2, -0.15) is 4.52 Å². The van der Waals surface area contributed by atoms with Crippen molar-refractivity contribution >= 4 is 11.3 Å². The van der Waals surface area contributed by atoms with Gasteiger partial charge in [0.25, 0.3) is 11.5 Å². The minimum absolute atomic E-state index is 0.235. The Morgan fingerprint density at radius 3 is 2.33 bits per heavy atom. The molecule has 1 aliphatic heterocycles. The van der Waals surface area contributed by atoms with Gasteiger partial charge in [0.1, 0.15) is 11.4 Å². The molecule has 6 rings (SSSR count). The number of piperidine rings is 1. The van der Waals surface area contributed by atoms with Gasteiger partial charge in [-0.15, -0.1) is 0 Å². The van der Waals surface area contributed by atoms with Crippen LogP contribution in [0.15, 0.2) is 59.4 Å².